The molecule has 158 valence electrons. The van der Waals surface area contributed by atoms with Crippen LogP contribution in [0.3, 0.4) is 0 Å². The molecular formula is C21H28N2O6. The molecule has 0 saturated heterocycles. The van der Waals surface area contributed by atoms with Crippen molar-refractivity contribution in [3.63, 3.8) is 0 Å². The maximum atomic E-state index is 12.9. The smallest absolute Gasteiger partial charge is 0.307 e. The van der Waals surface area contributed by atoms with Crippen LogP contribution in [0.1, 0.15) is 50.9 Å². The molecule has 2 rings (SSSR count). The van der Waals surface area contributed by atoms with Crippen LogP contribution in [0.2, 0.25) is 0 Å². The molecule has 1 aromatic carbocycles. The zero-order valence-electron chi connectivity index (χ0n) is 17.4. The average Bonchev–Trinajstić information content (AvgIpc) is 2.68. The topological polar surface area (TPSA) is 93.2 Å². The highest BCUT2D eigenvalue weighted by atomic mass is 16.5. The number of fused-ring (bicyclic) bond motifs is 1. The summed E-state index contributed by atoms with van der Waals surface area (Å²) in [5, 5.41) is 0. The van der Waals surface area contributed by atoms with Gasteiger partial charge in [-0.1, -0.05) is 6.92 Å². The molecule has 0 bridgehead atoms. The van der Waals surface area contributed by atoms with Gasteiger partial charge in [0.05, 0.1) is 18.7 Å². The van der Waals surface area contributed by atoms with Gasteiger partial charge >= 0.3 is 5.97 Å². The molecule has 29 heavy (non-hydrogen) atoms. The number of benzene rings is 1. The van der Waals surface area contributed by atoms with Gasteiger partial charge in [-0.25, -0.2) is 0 Å². The predicted molar refractivity (Wildman–Crippen MR) is 107 cm³/mol. The molecule has 0 spiro atoms. The SMILES string of the molecule is CCCN(CCC(=O)OCC)C(=O)CN1C(=O)C(C)Oc2ccc(C(C)=O)cc21. The summed E-state index contributed by atoms with van der Waals surface area (Å²) in [5.74, 6) is -0.698. The molecule has 8 nitrogen and oxygen atoms in total. The molecule has 0 fully saturated rings. The lowest BCUT2D eigenvalue weighted by Crippen LogP contribution is -2.50. The van der Waals surface area contributed by atoms with Crippen LogP contribution < -0.4 is 9.64 Å². The normalized spacial score (nSPS) is 15.4. The lowest BCUT2D eigenvalue weighted by atomic mass is 10.1. The van der Waals surface area contributed by atoms with Gasteiger partial charge in [-0.2, -0.15) is 0 Å². The van der Waals surface area contributed by atoms with E-state index in [4.69, 9.17) is 9.47 Å². The van der Waals surface area contributed by atoms with E-state index in [0.29, 0.717) is 30.0 Å². The molecule has 0 saturated carbocycles. The summed E-state index contributed by atoms with van der Waals surface area (Å²) in [6, 6.07) is 4.83. The summed E-state index contributed by atoms with van der Waals surface area (Å²) in [4.78, 5) is 51.9. The molecular weight excluding hydrogens is 376 g/mol. The fourth-order valence-corrected chi connectivity index (χ4v) is 3.11. The second kappa shape index (κ2) is 10.0. The quantitative estimate of drug-likeness (QED) is 0.463. The minimum absolute atomic E-state index is 0.0953. The van der Waals surface area contributed by atoms with Crippen molar-refractivity contribution in [2.75, 3.05) is 31.1 Å². The van der Waals surface area contributed by atoms with Crippen molar-refractivity contribution in [2.24, 2.45) is 0 Å². The number of rotatable bonds is 9. The third-order valence-electron chi connectivity index (χ3n) is 4.60. The molecule has 1 atom stereocenters. The van der Waals surface area contributed by atoms with Crippen molar-refractivity contribution in [1.82, 2.24) is 4.90 Å². The molecule has 8 heteroatoms. The molecule has 2 amide bonds. The minimum Gasteiger partial charge on any atom is -0.479 e. The Labute approximate surface area is 170 Å². The number of nitrogens with zero attached hydrogens (tertiary/aromatic N) is 2. The van der Waals surface area contributed by atoms with Crippen LogP contribution in [-0.2, 0) is 19.1 Å². The number of carbonyl (C=O) groups is 4. The van der Waals surface area contributed by atoms with Gasteiger partial charge in [0.25, 0.3) is 5.91 Å². The van der Waals surface area contributed by atoms with Crippen molar-refractivity contribution >= 4 is 29.3 Å². The van der Waals surface area contributed by atoms with Crippen LogP contribution in [0.5, 0.6) is 5.75 Å². The highest BCUT2D eigenvalue weighted by molar-refractivity contribution is 6.05. The van der Waals surface area contributed by atoms with Crippen LogP contribution >= 0.6 is 0 Å². The average molecular weight is 404 g/mol. The molecule has 1 aromatic rings. The van der Waals surface area contributed by atoms with Gasteiger partial charge in [0.2, 0.25) is 5.91 Å². The molecule has 0 N–H and O–H groups in total. The molecule has 1 aliphatic heterocycles. The number of hydrogen-bond donors (Lipinski definition) is 0. The van der Waals surface area contributed by atoms with Crippen LogP contribution in [0, 0.1) is 0 Å². The number of Topliss-reactive ketones (excluding diaryl/α,β-unsaturated/α-hetero) is 1. The van der Waals surface area contributed by atoms with E-state index in [0.717, 1.165) is 0 Å². The Bertz CT molecular complexity index is 791. The summed E-state index contributed by atoms with van der Waals surface area (Å²) < 4.78 is 10.5. The summed E-state index contributed by atoms with van der Waals surface area (Å²) in [6.07, 6.45) is 0.0724. The third-order valence-corrected chi connectivity index (χ3v) is 4.60. The van der Waals surface area contributed by atoms with E-state index in [1.54, 1.807) is 36.9 Å². The largest absolute Gasteiger partial charge is 0.479 e. The maximum Gasteiger partial charge on any atom is 0.307 e. The zero-order chi connectivity index (χ0) is 21.6. The first kappa shape index (κ1) is 22.4. The molecule has 1 heterocycles. The summed E-state index contributed by atoms with van der Waals surface area (Å²) >= 11 is 0. The number of esters is 1. The molecule has 1 unspecified atom stereocenters. The minimum atomic E-state index is -0.738. The monoisotopic (exact) mass is 404 g/mol. The van der Waals surface area contributed by atoms with E-state index in [1.165, 1.54) is 11.8 Å². The Morgan fingerprint density at radius 1 is 1.21 bits per heavy atom. The van der Waals surface area contributed by atoms with Gasteiger partial charge < -0.3 is 14.4 Å². The summed E-state index contributed by atoms with van der Waals surface area (Å²) in [5.41, 5.74) is 0.830. The van der Waals surface area contributed by atoms with Gasteiger partial charge in [-0.3, -0.25) is 24.1 Å². The van der Waals surface area contributed by atoms with E-state index in [9.17, 15) is 19.2 Å². The molecule has 0 aliphatic carbocycles. The number of ketones is 1. The van der Waals surface area contributed by atoms with Gasteiger partial charge in [-0.15, -0.1) is 0 Å². The first-order chi connectivity index (χ1) is 13.8. The first-order valence-corrected chi connectivity index (χ1v) is 9.84. The van der Waals surface area contributed by atoms with Crippen LogP contribution in [0.4, 0.5) is 5.69 Å². The molecule has 0 radical (unpaired) electrons. The second-order valence-electron chi connectivity index (χ2n) is 6.86. The van der Waals surface area contributed by atoms with E-state index in [1.807, 2.05) is 6.92 Å². The van der Waals surface area contributed by atoms with Gasteiger partial charge in [0, 0.05) is 18.7 Å². The maximum absolute atomic E-state index is 12.9. The highest BCUT2D eigenvalue weighted by Crippen LogP contribution is 2.35. The van der Waals surface area contributed by atoms with Crippen LogP contribution in [0.15, 0.2) is 18.2 Å². The van der Waals surface area contributed by atoms with Gasteiger partial charge in [-0.05, 0) is 45.4 Å². The van der Waals surface area contributed by atoms with E-state index >= 15 is 0 Å². The van der Waals surface area contributed by atoms with Gasteiger partial charge in [0.1, 0.15) is 12.3 Å². The highest BCUT2D eigenvalue weighted by Gasteiger charge is 2.34. The fraction of sp³-hybridized carbons (Fsp3) is 0.524. The Morgan fingerprint density at radius 2 is 1.93 bits per heavy atom. The van der Waals surface area contributed by atoms with Crippen LogP contribution in [-0.4, -0.2) is 60.8 Å². The lowest BCUT2D eigenvalue weighted by Gasteiger charge is -2.34. The van der Waals surface area contributed by atoms with Crippen molar-refractivity contribution < 1.29 is 28.7 Å². The Hall–Kier alpha value is -2.90. The third kappa shape index (κ3) is 5.56. The van der Waals surface area contributed by atoms with Gasteiger partial charge in [0.15, 0.2) is 11.9 Å². The number of ether oxygens (including phenoxy) is 2. The molecule has 1 aliphatic rings. The molecule has 0 aromatic heterocycles. The van der Waals surface area contributed by atoms with E-state index < -0.39 is 6.10 Å². The van der Waals surface area contributed by atoms with E-state index in [-0.39, 0.29) is 49.7 Å². The Morgan fingerprint density at radius 3 is 2.55 bits per heavy atom. The van der Waals surface area contributed by atoms with E-state index in [2.05, 4.69) is 0 Å². The lowest BCUT2D eigenvalue weighted by molar-refractivity contribution is -0.144. The first-order valence-electron chi connectivity index (χ1n) is 9.84. The number of hydrogen-bond acceptors (Lipinski definition) is 6. The summed E-state index contributed by atoms with van der Waals surface area (Å²) in [6.45, 7) is 7.49. The standard InChI is InChI=1S/C21H28N2O6/c1-5-10-22(11-9-20(26)28-6-2)19(25)13-23-17-12-16(14(3)24)7-8-18(17)29-15(4)21(23)27/h7-8,12,15H,5-6,9-11,13H2,1-4H3. The number of carbonyl (C=O) groups excluding carboxylic acids is 4. The summed E-state index contributed by atoms with van der Waals surface area (Å²) in [7, 11) is 0. The Balaban J connectivity index is 2.22. The van der Waals surface area contributed by atoms with Crippen molar-refractivity contribution in [2.45, 2.75) is 46.6 Å². The Kier molecular flexibility index (Phi) is 7.75. The fourth-order valence-electron chi connectivity index (χ4n) is 3.11. The van der Waals surface area contributed by atoms with Crippen molar-refractivity contribution in [1.29, 1.82) is 0 Å². The zero-order valence-corrected chi connectivity index (χ0v) is 17.4. The van der Waals surface area contributed by atoms with Crippen molar-refractivity contribution in [3.05, 3.63) is 23.8 Å². The van der Waals surface area contributed by atoms with Crippen molar-refractivity contribution in [3.8, 4) is 5.75 Å². The number of amides is 2. The predicted octanol–water partition coefficient (Wildman–Crippen LogP) is 2.19. The number of anilines is 1. The van der Waals surface area contributed by atoms with Crippen LogP contribution in [0.25, 0.3) is 0 Å². The second-order valence-corrected chi connectivity index (χ2v) is 6.86.